The summed E-state index contributed by atoms with van der Waals surface area (Å²) in [5.41, 5.74) is 2.07. The standard InChI is InChI=1S/C23H20ClN5O3S/c1-2-15-8-11-19(14-20(15)33(31,32)29-18-12-9-17(24)10-13-18)25-23(30)22-26-21(27-28-22)16-6-4-3-5-7-16/h3-14,29H,2H2,1H3,(H,25,30)(H,26,27,28). The summed E-state index contributed by atoms with van der Waals surface area (Å²) < 4.78 is 28.6. The zero-order valence-electron chi connectivity index (χ0n) is 17.5. The first kappa shape index (κ1) is 22.5. The monoisotopic (exact) mass is 481 g/mol. The molecule has 168 valence electrons. The highest BCUT2D eigenvalue weighted by atomic mass is 35.5. The molecule has 1 amide bonds. The largest absolute Gasteiger partial charge is 0.319 e. The van der Waals surface area contributed by atoms with E-state index in [0.29, 0.717) is 34.2 Å². The second-order valence-corrected chi connectivity index (χ2v) is 9.20. The van der Waals surface area contributed by atoms with E-state index in [1.807, 2.05) is 37.3 Å². The van der Waals surface area contributed by atoms with E-state index in [2.05, 4.69) is 25.2 Å². The van der Waals surface area contributed by atoms with Gasteiger partial charge in [0.15, 0.2) is 5.82 Å². The SMILES string of the molecule is CCc1ccc(NC(=O)c2nc(-c3ccccc3)n[nH]2)cc1S(=O)(=O)Nc1ccc(Cl)cc1. The number of nitrogens with one attached hydrogen (secondary N) is 3. The summed E-state index contributed by atoms with van der Waals surface area (Å²) in [5, 5.41) is 9.86. The zero-order chi connectivity index (χ0) is 23.4. The van der Waals surface area contributed by atoms with Crippen molar-refractivity contribution in [2.75, 3.05) is 10.0 Å². The highest BCUT2D eigenvalue weighted by Crippen LogP contribution is 2.25. The highest BCUT2D eigenvalue weighted by molar-refractivity contribution is 7.92. The van der Waals surface area contributed by atoms with Gasteiger partial charge in [-0.1, -0.05) is 54.9 Å². The minimum absolute atomic E-state index is 0.0112. The first-order valence-corrected chi connectivity index (χ1v) is 11.9. The van der Waals surface area contributed by atoms with E-state index in [0.717, 1.165) is 5.56 Å². The average molecular weight is 482 g/mol. The zero-order valence-corrected chi connectivity index (χ0v) is 19.1. The molecule has 0 radical (unpaired) electrons. The second-order valence-electron chi connectivity index (χ2n) is 7.12. The Morgan fingerprint density at radius 3 is 2.39 bits per heavy atom. The lowest BCUT2D eigenvalue weighted by molar-refractivity contribution is 0.101. The maximum atomic E-state index is 13.0. The molecule has 0 unspecified atom stereocenters. The molecule has 4 rings (SSSR count). The predicted molar refractivity (Wildman–Crippen MR) is 128 cm³/mol. The van der Waals surface area contributed by atoms with E-state index >= 15 is 0 Å². The summed E-state index contributed by atoms with van der Waals surface area (Å²) in [7, 11) is -3.90. The van der Waals surface area contributed by atoms with Gasteiger partial charge in [-0.05, 0) is 48.4 Å². The van der Waals surface area contributed by atoms with Crippen molar-refractivity contribution in [3.05, 3.63) is 89.2 Å². The molecule has 3 aromatic carbocycles. The first-order valence-electron chi connectivity index (χ1n) is 10.1. The fourth-order valence-electron chi connectivity index (χ4n) is 3.17. The van der Waals surface area contributed by atoms with Gasteiger partial charge < -0.3 is 5.32 Å². The molecule has 1 heterocycles. The molecule has 3 N–H and O–H groups in total. The highest BCUT2D eigenvalue weighted by Gasteiger charge is 2.20. The van der Waals surface area contributed by atoms with Crippen LogP contribution in [-0.2, 0) is 16.4 Å². The Kier molecular flexibility index (Phi) is 6.43. The summed E-state index contributed by atoms with van der Waals surface area (Å²) in [6.45, 7) is 1.86. The van der Waals surface area contributed by atoms with Gasteiger partial charge in [-0.25, -0.2) is 13.4 Å². The van der Waals surface area contributed by atoms with Crippen LogP contribution in [0.3, 0.4) is 0 Å². The Hall–Kier alpha value is -3.69. The van der Waals surface area contributed by atoms with Crippen LogP contribution in [0.15, 0.2) is 77.7 Å². The van der Waals surface area contributed by atoms with E-state index < -0.39 is 15.9 Å². The van der Waals surface area contributed by atoms with Gasteiger partial charge in [0.1, 0.15) is 0 Å². The van der Waals surface area contributed by atoms with Crippen molar-refractivity contribution in [1.82, 2.24) is 15.2 Å². The number of rotatable bonds is 7. The van der Waals surface area contributed by atoms with Gasteiger partial charge >= 0.3 is 0 Å². The fraction of sp³-hybridized carbons (Fsp3) is 0.0870. The third-order valence-corrected chi connectivity index (χ3v) is 6.54. The van der Waals surface area contributed by atoms with Crippen molar-refractivity contribution in [1.29, 1.82) is 0 Å². The van der Waals surface area contributed by atoms with Gasteiger partial charge in [0.25, 0.3) is 15.9 Å². The lowest BCUT2D eigenvalue weighted by Gasteiger charge is -2.13. The molecule has 0 aliphatic carbocycles. The molecule has 0 fully saturated rings. The van der Waals surface area contributed by atoms with E-state index in [1.165, 1.54) is 6.07 Å². The molecule has 10 heteroatoms. The van der Waals surface area contributed by atoms with Crippen LogP contribution in [-0.4, -0.2) is 29.5 Å². The Labute approximate surface area is 196 Å². The first-order chi connectivity index (χ1) is 15.9. The van der Waals surface area contributed by atoms with E-state index in [9.17, 15) is 13.2 Å². The van der Waals surface area contributed by atoms with Crippen LogP contribution in [0, 0.1) is 0 Å². The number of nitrogens with zero attached hydrogens (tertiary/aromatic N) is 2. The number of carbonyl (C=O) groups excluding carboxylic acids is 1. The summed E-state index contributed by atoms with van der Waals surface area (Å²) in [6, 6.07) is 20.3. The summed E-state index contributed by atoms with van der Waals surface area (Å²) >= 11 is 5.87. The number of carbonyl (C=O) groups is 1. The Morgan fingerprint density at radius 2 is 1.70 bits per heavy atom. The molecule has 0 aliphatic heterocycles. The molecular formula is C23H20ClN5O3S. The molecule has 0 aliphatic rings. The normalized spacial score (nSPS) is 11.2. The number of aryl methyl sites for hydroxylation is 1. The Bertz CT molecular complexity index is 1390. The summed E-state index contributed by atoms with van der Waals surface area (Å²) in [4.78, 5) is 17.0. The van der Waals surface area contributed by atoms with Crippen molar-refractivity contribution in [3.63, 3.8) is 0 Å². The molecule has 0 atom stereocenters. The van der Waals surface area contributed by atoms with Gasteiger partial charge in [0.2, 0.25) is 5.82 Å². The second kappa shape index (κ2) is 9.43. The lowest BCUT2D eigenvalue weighted by Crippen LogP contribution is -2.17. The third kappa shape index (κ3) is 5.21. The van der Waals surface area contributed by atoms with E-state index in [-0.39, 0.29) is 10.7 Å². The maximum Gasteiger partial charge on any atom is 0.293 e. The molecule has 0 saturated heterocycles. The van der Waals surface area contributed by atoms with E-state index in [4.69, 9.17) is 11.6 Å². The number of amides is 1. The van der Waals surface area contributed by atoms with Crippen molar-refractivity contribution < 1.29 is 13.2 Å². The fourth-order valence-corrected chi connectivity index (χ4v) is 4.69. The average Bonchev–Trinajstić information content (AvgIpc) is 3.32. The number of H-pyrrole nitrogens is 1. The minimum atomic E-state index is -3.90. The van der Waals surface area contributed by atoms with Crippen LogP contribution < -0.4 is 10.0 Å². The predicted octanol–water partition coefficient (Wildman–Crippen LogP) is 4.74. The molecule has 4 aromatic rings. The summed E-state index contributed by atoms with van der Waals surface area (Å²) in [6.07, 6.45) is 0.494. The van der Waals surface area contributed by atoms with Crippen LogP contribution in [0.1, 0.15) is 23.1 Å². The number of anilines is 2. The number of hydrogen-bond acceptors (Lipinski definition) is 5. The Balaban J connectivity index is 1.57. The molecule has 0 bridgehead atoms. The third-order valence-electron chi connectivity index (χ3n) is 4.82. The molecule has 1 aromatic heterocycles. The molecular weight excluding hydrogens is 462 g/mol. The van der Waals surface area contributed by atoms with Gasteiger partial charge in [-0.2, -0.15) is 5.10 Å². The number of hydrogen-bond donors (Lipinski definition) is 3. The minimum Gasteiger partial charge on any atom is -0.319 e. The van der Waals surface area contributed by atoms with Crippen LogP contribution >= 0.6 is 11.6 Å². The van der Waals surface area contributed by atoms with Crippen molar-refractivity contribution in [3.8, 4) is 11.4 Å². The van der Waals surface area contributed by atoms with Gasteiger partial charge in [-0.3, -0.25) is 14.6 Å². The lowest BCUT2D eigenvalue weighted by atomic mass is 10.1. The molecule has 33 heavy (non-hydrogen) atoms. The van der Waals surface area contributed by atoms with Gasteiger partial charge in [-0.15, -0.1) is 0 Å². The van der Waals surface area contributed by atoms with Gasteiger partial charge in [0, 0.05) is 22.0 Å². The van der Waals surface area contributed by atoms with Crippen LogP contribution in [0.4, 0.5) is 11.4 Å². The van der Waals surface area contributed by atoms with Crippen LogP contribution in [0.25, 0.3) is 11.4 Å². The number of sulfonamides is 1. The van der Waals surface area contributed by atoms with Crippen molar-refractivity contribution >= 4 is 38.9 Å². The maximum absolute atomic E-state index is 13.0. The van der Waals surface area contributed by atoms with Gasteiger partial charge in [0.05, 0.1) is 4.90 Å². The quantitative estimate of drug-likeness (QED) is 0.352. The van der Waals surface area contributed by atoms with Crippen LogP contribution in [0.5, 0.6) is 0 Å². The van der Waals surface area contributed by atoms with E-state index in [1.54, 1.807) is 36.4 Å². The summed E-state index contributed by atoms with van der Waals surface area (Å²) in [5.74, 6) is -0.141. The van der Waals surface area contributed by atoms with Crippen LogP contribution in [0.2, 0.25) is 5.02 Å². The smallest absolute Gasteiger partial charge is 0.293 e. The topological polar surface area (TPSA) is 117 Å². The molecule has 0 spiro atoms. The van der Waals surface area contributed by atoms with Crippen molar-refractivity contribution in [2.45, 2.75) is 18.2 Å². The number of aromatic nitrogens is 3. The van der Waals surface area contributed by atoms with Crippen molar-refractivity contribution in [2.24, 2.45) is 0 Å². The molecule has 0 saturated carbocycles. The number of aromatic amines is 1. The molecule has 8 nitrogen and oxygen atoms in total. The Morgan fingerprint density at radius 1 is 1.00 bits per heavy atom. The number of halogens is 1. The number of benzene rings is 3.